The van der Waals surface area contributed by atoms with E-state index in [9.17, 15) is 4.79 Å². The Morgan fingerprint density at radius 3 is 2.41 bits per heavy atom. The Hall–Kier alpha value is -1.35. The van der Waals surface area contributed by atoms with Gasteiger partial charge in [0.2, 0.25) is 5.91 Å². The Bertz CT molecular complexity index is 628. The van der Waals surface area contributed by atoms with Crippen molar-refractivity contribution in [3.63, 3.8) is 0 Å². The Morgan fingerprint density at radius 2 is 1.89 bits per heavy atom. The van der Waals surface area contributed by atoms with Crippen molar-refractivity contribution in [2.75, 3.05) is 45.7 Å². The van der Waals surface area contributed by atoms with E-state index in [-0.39, 0.29) is 35.3 Å². The van der Waals surface area contributed by atoms with Crippen LogP contribution in [0.5, 0.6) is 0 Å². The normalized spacial score (nSPS) is 15.1. The van der Waals surface area contributed by atoms with E-state index < -0.39 is 0 Å². The number of carbonyl (C=O) groups excluding carboxylic acids is 1. The van der Waals surface area contributed by atoms with Crippen molar-refractivity contribution in [3.8, 4) is 0 Å². The van der Waals surface area contributed by atoms with Crippen LogP contribution in [0.25, 0.3) is 0 Å². The third-order valence-electron chi connectivity index (χ3n) is 4.48. The summed E-state index contributed by atoms with van der Waals surface area (Å²) in [5.74, 6) is 1.02. The maximum Gasteiger partial charge on any atom is 0.227 e. The molecule has 0 unspecified atom stereocenters. The summed E-state index contributed by atoms with van der Waals surface area (Å²) in [6, 6.07) is 8.18. The van der Waals surface area contributed by atoms with Gasteiger partial charge in [0.25, 0.3) is 0 Å². The standard InChI is InChI=1S/C20H33N5O.HI/c1-20(2,15-24(4)5)14-23-19(21-3)22-13-16-8-10-17(11-9-16)25-12-6-7-18(25)26;/h8-11H,6-7,12-15H2,1-5H3,(H2,21,22,23);1H. The van der Waals surface area contributed by atoms with Crippen LogP contribution in [0.1, 0.15) is 32.3 Å². The molecule has 1 aromatic carbocycles. The van der Waals surface area contributed by atoms with Gasteiger partial charge < -0.3 is 20.4 Å². The summed E-state index contributed by atoms with van der Waals surface area (Å²) in [4.78, 5) is 20.2. The second kappa shape index (κ2) is 10.8. The Kier molecular flexibility index (Phi) is 9.52. The number of hydrogen-bond acceptors (Lipinski definition) is 3. The molecule has 1 aromatic rings. The van der Waals surface area contributed by atoms with Gasteiger partial charge in [0.15, 0.2) is 5.96 Å². The number of guanidine groups is 1. The Labute approximate surface area is 180 Å². The lowest BCUT2D eigenvalue weighted by Crippen LogP contribution is -2.44. The molecule has 6 nitrogen and oxygen atoms in total. The molecular weight excluding hydrogens is 453 g/mol. The van der Waals surface area contributed by atoms with Gasteiger partial charge in [-0.2, -0.15) is 0 Å². The average Bonchev–Trinajstić information content (AvgIpc) is 3.00. The molecule has 1 fully saturated rings. The number of rotatable bonds is 7. The zero-order valence-corrected chi connectivity index (χ0v) is 19.5. The van der Waals surface area contributed by atoms with E-state index in [1.807, 2.05) is 17.0 Å². The third-order valence-corrected chi connectivity index (χ3v) is 4.48. The molecule has 0 spiro atoms. The number of anilines is 1. The first-order valence-electron chi connectivity index (χ1n) is 9.29. The highest BCUT2D eigenvalue weighted by atomic mass is 127. The van der Waals surface area contributed by atoms with Gasteiger partial charge in [-0.05, 0) is 43.6 Å². The second-order valence-corrected chi connectivity index (χ2v) is 8.00. The average molecular weight is 487 g/mol. The lowest BCUT2D eigenvalue weighted by molar-refractivity contribution is -0.117. The van der Waals surface area contributed by atoms with Crippen LogP contribution in [0, 0.1) is 5.41 Å². The molecule has 1 aliphatic rings. The highest BCUT2D eigenvalue weighted by Gasteiger charge is 2.21. The topological polar surface area (TPSA) is 60.0 Å². The van der Waals surface area contributed by atoms with E-state index in [0.29, 0.717) is 13.0 Å². The number of hydrogen-bond donors (Lipinski definition) is 2. The van der Waals surface area contributed by atoms with Gasteiger partial charge in [0.1, 0.15) is 0 Å². The summed E-state index contributed by atoms with van der Waals surface area (Å²) in [7, 11) is 5.97. The van der Waals surface area contributed by atoms with Crippen LogP contribution in [-0.4, -0.2) is 57.5 Å². The highest BCUT2D eigenvalue weighted by molar-refractivity contribution is 14.0. The minimum Gasteiger partial charge on any atom is -0.356 e. The first-order chi connectivity index (χ1) is 12.3. The Balaban J connectivity index is 0.00000364. The van der Waals surface area contributed by atoms with Crippen molar-refractivity contribution in [1.29, 1.82) is 0 Å². The summed E-state index contributed by atoms with van der Waals surface area (Å²) in [6.07, 6.45) is 1.61. The number of aliphatic imine (C=N–C) groups is 1. The lowest BCUT2D eigenvalue weighted by Gasteiger charge is -2.29. The predicted octanol–water partition coefficient (Wildman–Crippen LogP) is 2.68. The fraction of sp³-hybridized carbons (Fsp3) is 0.600. The molecule has 1 aliphatic heterocycles. The molecule has 1 saturated heterocycles. The van der Waals surface area contributed by atoms with Crippen LogP contribution in [0.3, 0.4) is 0 Å². The van der Waals surface area contributed by atoms with E-state index in [4.69, 9.17) is 0 Å². The maximum atomic E-state index is 11.8. The summed E-state index contributed by atoms with van der Waals surface area (Å²) in [6.45, 7) is 7.86. The molecule has 1 heterocycles. The van der Waals surface area contributed by atoms with Crippen LogP contribution in [0.15, 0.2) is 29.3 Å². The molecule has 0 atom stereocenters. The van der Waals surface area contributed by atoms with Crippen LogP contribution >= 0.6 is 24.0 Å². The monoisotopic (exact) mass is 487 g/mol. The van der Waals surface area contributed by atoms with Crippen molar-refractivity contribution in [3.05, 3.63) is 29.8 Å². The van der Waals surface area contributed by atoms with Gasteiger partial charge >= 0.3 is 0 Å². The summed E-state index contributed by atoms with van der Waals surface area (Å²) < 4.78 is 0. The van der Waals surface area contributed by atoms with E-state index >= 15 is 0 Å². The predicted molar refractivity (Wildman–Crippen MR) is 124 cm³/mol. The van der Waals surface area contributed by atoms with Gasteiger partial charge in [-0.3, -0.25) is 9.79 Å². The first-order valence-corrected chi connectivity index (χ1v) is 9.29. The van der Waals surface area contributed by atoms with E-state index in [0.717, 1.165) is 43.3 Å². The van der Waals surface area contributed by atoms with E-state index in [1.165, 1.54) is 0 Å². The van der Waals surface area contributed by atoms with E-state index in [2.05, 4.69) is 60.6 Å². The lowest BCUT2D eigenvalue weighted by atomic mass is 9.93. The van der Waals surface area contributed by atoms with Crippen LogP contribution in [0.2, 0.25) is 0 Å². The number of benzene rings is 1. The number of amides is 1. The van der Waals surface area contributed by atoms with Crippen molar-refractivity contribution in [2.45, 2.75) is 33.2 Å². The molecule has 7 heteroatoms. The van der Waals surface area contributed by atoms with Crippen molar-refractivity contribution in [1.82, 2.24) is 15.5 Å². The van der Waals surface area contributed by atoms with Gasteiger partial charge in [0.05, 0.1) is 0 Å². The smallest absolute Gasteiger partial charge is 0.227 e. The number of nitrogens with zero attached hydrogens (tertiary/aromatic N) is 3. The maximum absolute atomic E-state index is 11.8. The van der Waals surface area contributed by atoms with Gasteiger partial charge in [-0.15, -0.1) is 24.0 Å². The number of halogens is 1. The van der Waals surface area contributed by atoms with Gasteiger partial charge in [-0.25, -0.2) is 0 Å². The van der Waals surface area contributed by atoms with E-state index in [1.54, 1.807) is 7.05 Å². The number of nitrogens with one attached hydrogen (secondary N) is 2. The molecule has 0 aliphatic carbocycles. The third kappa shape index (κ3) is 7.65. The molecule has 2 rings (SSSR count). The zero-order chi connectivity index (χ0) is 19.2. The van der Waals surface area contributed by atoms with Crippen molar-refractivity contribution >= 4 is 41.5 Å². The minimum absolute atomic E-state index is 0. The number of carbonyl (C=O) groups is 1. The molecule has 0 radical (unpaired) electrons. The Morgan fingerprint density at radius 1 is 1.22 bits per heavy atom. The largest absolute Gasteiger partial charge is 0.356 e. The summed E-state index contributed by atoms with van der Waals surface area (Å²) in [5.41, 5.74) is 2.31. The fourth-order valence-corrected chi connectivity index (χ4v) is 3.36. The first kappa shape index (κ1) is 23.7. The molecule has 0 bridgehead atoms. The van der Waals surface area contributed by atoms with Crippen LogP contribution in [-0.2, 0) is 11.3 Å². The molecular formula is C20H34IN5O. The molecule has 1 amide bonds. The second-order valence-electron chi connectivity index (χ2n) is 8.00. The minimum atomic E-state index is 0. The van der Waals surface area contributed by atoms with Crippen LogP contribution < -0.4 is 15.5 Å². The SMILES string of the molecule is CN=C(NCc1ccc(N2CCCC2=O)cc1)NCC(C)(C)CN(C)C.I. The molecule has 0 aromatic heterocycles. The van der Waals surface area contributed by atoms with Gasteiger partial charge in [-0.1, -0.05) is 26.0 Å². The summed E-state index contributed by atoms with van der Waals surface area (Å²) >= 11 is 0. The molecule has 0 saturated carbocycles. The summed E-state index contributed by atoms with van der Waals surface area (Å²) in [5, 5.41) is 6.76. The highest BCUT2D eigenvalue weighted by Crippen LogP contribution is 2.21. The van der Waals surface area contributed by atoms with Gasteiger partial charge in [0, 0.05) is 45.3 Å². The molecule has 2 N–H and O–H groups in total. The molecule has 27 heavy (non-hydrogen) atoms. The van der Waals surface area contributed by atoms with Crippen LogP contribution in [0.4, 0.5) is 5.69 Å². The van der Waals surface area contributed by atoms with Crippen molar-refractivity contribution in [2.24, 2.45) is 10.4 Å². The zero-order valence-electron chi connectivity index (χ0n) is 17.2. The fourth-order valence-electron chi connectivity index (χ4n) is 3.36. The van der Waals surface area contributed by atoms with Crippen molar-refractivity contribution < 1.29 is 4.79 Å². The quantitative estimate of drug-likeness (QED) is 0.353. The molecule has 152 valence electrons.